The molecule has 1 saturated heterocycles. The molecule has 3 aromatic rings. The number of rotatable bonds is 6. The molecule has 0 atom stereocenters. The Bertz CT molecular complexity index is 1340. The molecular formula is C25H29N5O4. The third-order valence-electron chi connectivity index (χ3n) is 5.98. The number of para-hydroxylation sites is 1. The highest BCUT2D eigenvalue weighted by atomic mass is 16.2. The normalized spacial score (nSPS) is 13.8. The first-order valence-electron chi connectivity index (χ1n) is 11.7. The average molecular weight is 464 g/mol. The number of pyridine rings is 1. The molecule has 3 heterocycles. The predicted molar refractivity (Wildman–Crippen MR) is 129 cm³/mol. The van der Waals surface area contributed by atoms with Crippen LogP contribution in [-0.2, 0) is 11.3 Å². The van der Waals surface area contributed by atoms with E-state index >= 15 is 0 Å². The fourth-order valence-electron chi connectivity index (χ4n) is 4.31. The number of likely N-dealkylation sites (tertiary alicyclic amines) is 1. The Labute approximate surface area is 197 Å². The number of nitrogens with one attached hydrogen (secondary N) is 1. The molecule has 0 aliphatic carbocycles. The van der Waals surface area contributed by atoms with Crippen LogP contribution in [0.5, 0.6) is 0 Å². The van der Waals surface area contributed by atoms with Crippen molar-refractivity contribution in [1.29, 1.82) is 0 Å². The van der Waals surface area contributed by atoms with E-state index in [0.717, 1.165) is 30.3 Å². The second-order valence-corrected chi connectivity index (χ2v) is 8.56. The molecule has 1 aliphatic heterocycles. The largest absolute Gasteiger partial charge is 0.355 e. The number of carbonyl (C=O) groups excluding carboxylic acids is 2. The lowest BCUT2D eigenvalue weighted by Gasteiger charge is -2.27. The number of amides is 2. The average Bonchev–Trinajstić information content (AvgIpc) is 2.85. The molecule has 0 unspecified atom stereocenters. The Balaban J connectivity index is 2.00. The van der Waals surface area contributed by atoms with Gasteiger partial charge in [-0.25, -0.2) is 18.9 Å². The van der Waals surface area contributed by atoms with E-state index in [2.05, 4.69) is 10.3 Å². The summed E-state index contributed by atoms with van der Waals surface area (Å²) in [5, 5.41) is 2.75. The summed E-state index contributed by atoms with van der Waals surface area (Å²) in [7, 11) is 0. The number of hydrogen-bond acceptors (Lipinski definition) is 5. The Kier molecular flexibility index (Phi) is 6.90. The number of aromatic nitrogens is 3. The summed E-state index contributed by atoms with van der Waals surface area (Å²) < 4.78 is 2.20. The van der Waals surface area contributed by atoms with Crippen molar-refractivity contribution in [3.8, 4) is 5.69 Å². The predicted octanol–water partition coefficient (Wildman–Crippen LogP) is 2.01. The van der Waals surface area contributed by atoms with Crippen molar-refractivity contribution in [3.63, 3.8) is 0 Å². The highest BCUT2D eigenvalue weighted by Crippen LogP contribution is 2.21. The maximum atomic E-state index is 13.6. The second kappa shape index (κ2) is 10.0. The van der Waals surface area contributed by atoms with Crippen molar-refractivity contribution < 1.29 is 9.59 Å². The van der Waals surface area contributed by atoms with Gasteiger partial charge in [0, 0.05) is 25.3 Å². The minimum atomic E-state index is -0.688. The molecule has 34 heavy (non-hydrogen) atoms. The zero-order valence-corrected chi connectivity index (χ0v) is 19.5. The van der Waals surface area contributed by atoms with Crippen LogP contribution in [0.4, 0.5) is 0 Å². The van der Waals surface area contributed by atoms with Gasteiger partial charge in [0.05, 0.1) is 16.6 Å². The smallest absolute Gasteiger partial charge is 0.337 e. The van der Waals surface area contributed by atoms with E-state index in [0.29, 0.717) is 31.0 Å². The van der Waals surface area contributed by atoms with Gasteiger partial charge in [-0.05, 0) is 50.8 Å². The molecule has 2 amide bonds. The van der Waals surface area contributed by atoms with E-state index in [1.165, 1.54) is 4.57 Å². The van der Waals surface area contributed by atoms with Gasteiger partial charge in [0.1, 0.15) is 6.54 Å². The molecule has 1 N–H and O–H groups in total. The Hall–Kier alpha value is -3.75. The molecule has 0 radical (unpaired) electrons. The quantitative estimate of drug-likeness (QED) is 0.602. The zero-order valence-electron chi connectivity index (χ0n) is 19.5. The van der Waals surface area contributed by atoms with E-state index in [4.69, 9.17) is 0 Å². The monoisotopic (exact) mass is 463 g/mol. The van der Waals surface area contributed by atoms with E-state index in [9.17, 15) is 19.2 Å². The zero-order chi connectivity index (χ0) is 24.2. The van der Waals surface area contributed by atoms with Crippen LogP contribution in [0, 0.1) is 6.92 Å². The fourth-order valence-corrected chi connectivity index (χ4v) is 4.31. The van der Waals surface area contributed by atoms with E-state index in [1.54, 1.807) is 42.2 Å². The van der Waals surface area contributed by atoms with Gasteiger partial charge in [0.15, 0.2) is 5.65 Å². The molecule has 0 spiro atoms. The summed E-state index contributed by atoms with van der Waals surface area (Å²) in [5.41, 5.74) is -0.0189. The maximum absolute atomic E-state index is 13.6. The maximum Gasteiger partial charge on any atom is 0.337 e. The number of piperidine rings is 1. The Morgan fingerprint density at radius 3 is 2.44 bits per heavy atom. The Morgan fingerprint density at radius 2 is 1.76 bits per heavy atom. The molecule has 1 aromatic carbocycles. The minimum Gasteiger partial charge on any atom is -0.355 e. The van der Waals surface area contributed by atoms with Crippen LogP contribution in [-0.4, -0.2) is 50.5 Å². The second-order valence-electron chi connectivity index (χ2n) is 8.56. The first-order valence-corrected chi connectivity index (χ1v) is 11.7. The number of fused-ring (bicyclic) bond motifs is 1. The molecule has 4 rings (SSSR count). The number of carbonyl (C=O) groups is 2. The first-order chi connectivity index (χ1) is 16.4. The highest BCUT2D eigenvalue weighted by Gasteiger charge is 2.26. The summed E-state index contributed by atoms with van der Waals surface area (Å²) in [5.74, 6) is -0.698. The molecule has 9 nitrogen and oxygen atoms in total. The van der Waals surface area contributed by atoms with E-state index in [1.807, 2.05) is 13.0 Å². The van der Waals surface area contributed by atoms with Gasteiger partial charge in [-0.1, -0.05) is 25.1 Å². The van der Waals surface area contributed by atoms with Crippen molar-refractivity contribution in [2.75, 3.05) is 19.6 Å². The highest BCUT2D eigenvalue weighted by molar-refractivity contribution is 6.05. The standard InChI is InChI=1S/C25H29N5O4/c1-3-12-26-20(31)16-29-24(33)21-19(23(32)28-13-8-5-9-14-28)15-17(2)27-22(21)30(25(29)34)18-10-6-4-7-11-18/h4,6-7,10-11,15H,3,5,8-9,12-14,16H2,1-2H3,(H,26,31). The van der Waals surface area contributed by atoms with Gasteiger partial charge in [-0.15, -0.1) is 0 Å². The van der Waals surface area contributed by atoms with E-state index in [-0.39, 0.29) is 22.5 Å². The van der Waals surface area contributed by atoms with Crippen LogP contribution in [0.15, 0.2) is 46.0 Å². The fraction of sp³-hybridized carbons (Fsp3) is 0.400. The van der Waals surface area contributed by atoms with Crippen LogP contribution < -0.4 is 16.6 Å². The molecule has 9 heteroatoms. The van der Waals surface area contributed by atoms with Gasteiger partial charge in [-0.3, -0.25) is 14.4 Å². The van der Waals surface area contributed by atoms with Gasteiger partial charge in [0.25, 0.3) is 11.5 Å². The van der Waals surface area contributed by atoms with Crippen LogP contribution >= 0.6 is 0 Å². The molecule has 0 saturated carbocycles. The third kappa shape index (κ3) is 4.50. The first kappa shape index (κ1) is 23.4. The van der Waals surface area contributed by atoms with Gasteiger partial charge >= 0.3 is 5.69 Å². The molecular weight excluding hydrogens is 434 g/mol. The number of aryl methyl sites for hydroxylation is 1. The van der Waals surface area contributed by atoms with Crippen LogP contribution in [0.2, 0.25) is 0 Å². The topological polar surface area (TPSA) is 106 Å². The van der Waals surface area contributed by atoms with Gasteiger partial charge < -0.3 is 10.2 Å². The molecule has 1 fully saturated rings. The van der Waals surface area contributed by atoms with Crippen molar-refractivity contribution in [3.05, 3.63) is 68.5 Å². The van der Waals surface area contributed by atoms with Crippen LogP contribution in [0.1, 0.15) is 48.7 Å². The van der Waals surface area contributed by atoms with Crippen molar-refractivity contribution in [2.24, 2.45) is 0 Å². The summed E-state index contributed by atoms with van der Waals surface area (Å²) in [6.45, 7) is 4.88. The lowest BCUT2D eigenvalue weighted by atomic mass is 10.1. The number of benzene rings is 1. The molecule has 2 aromatic heterocycles. The third-order valence-corrected chi connectivity index (χ3v) is 5.98. The van der Waals surface area contributed by atoms with Crippen LogP contribution in [0.3, 0.4) is 0 Å². The summed E-state index contributed by atoms with van der Waals surface area (Å²) in [6.07, 6.45) is 3.60. The van der Waals surface area contributed by atoms with Crippen LogP contribution in [0.25, 0.3) is 16.7 Å². The molecule has 1 aliphatic rings. The van der Waals surface area contributed by atoms with Gasteiger partial charge in [0.2, 0.25) is 5.91 Å². The lowest BCUT2D eigenvalue weighted by Crippen LogP contribution is -2.45. The SMILES string of the molecule is CCCNC(=O)Cn1c(=O)c2c(C(=O)N3CCCCC3)cc(C)nc2n(-c2ccccc2)c1=O. The van der Waals surface area contributed by atoms with Crippen molar-refractivity contribution >= 4 is 22.8 Å². The summed E-state index contributed by atoms with van der Waals surface area (Å²) in [4.78, 5) is 59.4. The molecule has 178 valence electrons. The Morgan fingerprint density at radius 1 is 1.06 bits per heavy atom. The van der Waals surface area contributed by atoms with Crippen molar-refractivity contribution in [1.82, 2.24) is 24.3 Å². The van der Waals surface area contributed by atoms with Gasteiger partial charge in [-0.2, -0.15) is 0 Å². The molecule has 0 bridgehead atoms. The lowest BCUT2D eigenvalue weighted by molar-refractivity contribution is -0.121. The van der Waals surface area contributed by atoms with E-state index < -0.39 is 23.7 Å². The number of hydrogen-bond donors (Lipinski definition) is 1. The minimum absolute atomic E-state index is 0.0490. The summed E-state index contributed by atoms with van der Waals surface area (Å²) >= 11 is 0. The summed E-state index contributed by atoms with van der Waals surface area (Å²) in [6, 6.07) is 10.4. The number of nitrogens with zero attached hydrogens (tertiary/aromatic N) is 4. The van der Waals surface area contributed by atoms with Crippen molar-refractivity contribution in [2.45, 2.75) is 46.1 Å².